The maximum atomic E-state index is 10.7. The van der Waals surface area contributed by atoms with E-state index < -0.39 is 5.60 Å². The number of aromatic nitrogens is 2. The molecule has 0 saturated heterocycles. The minimum atomic E-state index is -0.963. The maximum absolute atomic E-state index is 10.7. The average Bonchev–Trinajstić information content (AvgIpc) is 3.59. The highest BCUT2D eigenvalue weighted by atomic mass is 16.5. The molecule has 0 amide bonds. The molecule has 6 nitrogen and oxygen atoms in total. The highest BCUT2D eigenvalue weighted by Gasteiger charge is 2.30. The Balaban J connectivity index is 1.70. The summed E-state index contributed by atoms with van der Waals surface area (Å²) in [6, 6.07) is 17.5. The van der Waals surface area contributed by atoms with Gasteiger partial charge in [-0.15, -0.1) is 6.58 Å². The van der Waals surface area contributed by atoms with E-state index in [0.29, 0.717) is 30.6 Å². The Morgan fingerprint density at radius 1 is 1.15 bits per heavy atom. The van der Waals surface area contributed by atoms with Crippen LogP contribution in [0.2, 0.25) is 0 Å². The highest BCUT2D eigenvalue weighted by molar-refractivity contribution is 5.44. The second kappa shape index (κ2) is 9.81. The Bertz CT molecular complexity index is 1070. The van der Waals surface area contributed by atoms with Crippen molar-refractivity contribution in [3.05, 3.63) is 78.5 Å². The van der Waals surface area contributed by atoms with Gasteiger partial charge >= 0.3 is 0 Å². The maximum Gasteiger partial charge on any atom is 0.227 e. The van der Waals surface area contributed by atoms with Gasteiger partial charge in [0.25, 0.3) is 0 Å². The van der Waals surface area contributed by atoms with Crippen molar-refractivity contribution in [1.82, 2.24) is 14.7 Å². The zero-order chi connectivity index (χ0) is 23.4. The Morgan fingerprint density at radius 2 is 1.82 bits per heavy atom. The topological polar surface area (TPSA) is 59.8 Å². The van der Waals surface area contributed by atoms with Crippen molar-refractivity contribution in [3.8, 4) is 23.1 Å². The van der Waals surface area contributed by atoms with Crippen LogP contribution in [0.25, 0.3) is 5.69 Å². The third kappa shape index (κ3) is 5.83. The van der Waals surface area contributed by atoms with Gasteiger partial charge in [-0.3, -0.25) is 4.90 Å². The fourth-order valence-electron chi connectivity index (χ4n) is 3.92. The van der Waals surface area contributed by atoms with Gasteiger partial charge < -0.3 is 14.6 Å². The number of ether oxygens (including phenoxy) is 2. The van der Waals surface area contributed by atoms with Crippen molar-refractivity contribution < 1.29 is 14.6 Å². The summed E-state index contributed by atoms with van der Waals surface area (Å²) in [5, 5.41) is 15.5. The van der Waals surface area contributed by atoms with E-state index in [4.69, 9.17) is 14.6 Å². The van der Waals surface area contributed by atoms with Crippen LogP contribution in [0, 0.1) is 12.8 Å². The molecular formula is C27H33N3O3. The van der Waals surface area contributed by atoms with Crippen molar-refractivity contribution in [1.29, 1.82) is 0 Å². The molecule has 1 aliphatic rings. The minimum Gasteiger partial charge on any atom is -0.497 e. The number of aryl methyl sites for hydroxylation is 1. The summed E-state index contributed by atoms with van der Waals surface area (Å²) in [5.41, 5.74) is 1.88. The van der Waals surface area contributed by atoms with Gasteiger partial charge in [-0.25, -0.2) is 4.68 Å². The monoisotopic (exact) mass is 447 g/mol. The summed E-state index contributed by atoms with van der Waals surface area (Å²) < 4.78 is 13.6. The first kappa shape index (κ1) is 23.1. The molecule has 4 rings (SSSR count). The van der Waals surface area contributed by atoms with Crippen molar-refractivity contribution in [2.75, 3.05) is 20.2 Å². The van der Waals surface area contributed by atoms with Crippen molar-refractivity contribution in [2.24, 2.45) is 5.92 Å². The molecule has 6 heteroatoms. The molecule has 174 valence electrons. The summed E-state index contributed by atoms with van der Waals surface area (Å²) in [6.45, 7) is 9.69. The lowest BCUT2D eigenvalue weighted by molar-refractivity contribution is 0.0565. The molecule has 1 heterocycles. The van der Waals surface area contributed by atoms with Crippen LogP contribution in [0.4, 0.5) is 0 Å². The number of methoxy groups -OCH3 is 1. The summed E-state index contributed by atoms with van der Waals surface area (Å²) in [5.74, 6) is 2.85. The molecule has 3 aromatic rings. The minimum absolute atomic E-state index is 0.505. The van der Waals surface area contributed by atoms with Crippen LogP contribution in [0.15, 0.2) is 67.3 Å². The highest BCUT2D eigenvalue weighted by Crippen LogP contribution is 2.35. The third-order valence-corrected chi connectivity index (χ3v) is 5.99. The van der Waals surface area contributed by atoms with E-state index in [1.807, 2.05) is 66.2 Å². The Hall–Kier alpha value is -3.09. The first-order valence-corrected chi connectivity index (χ1v) is 11.4. The average molecular weight is 448 g/mol. The van der Waals surface area contributed by atoms with E-state index in [2.05, 4.69) is 11.5 Å². The Labute approximate surface area is 196 Å². The largest absolute Gasteiger partial charge is 0.497 e. The van der Waals surface area contributed by atoms with E-state index in [1.165, 1.54) is 12.8 Å². The zero-order valence-corrected chi connectivity index (χ0v) is 19.7. The van der Waals surface area contributed by atoms with Crippen molar-refractivity contribution in [3.63, 3.8) is 0 Å². The van der Waals surface area contributed by atoms with Crippen LogP contribution >= 0.6 is 0 Å². The second-order valence-corrected chi connectivity index (χ2v) is 9.07. The number of nitrogens with zero attached hydrogens (tertiary/aromatic N) is 3. The predicted molar refractivity (Wildman–Crippen MR) is 130 cm³/mol. The fraction of sp³-hybridized carbons (Fsp3) is 0.370. The zero-order valence-electron chi connectivity index (χ0n) is 19.7. The quantitative estimate of drug-likeness (QED) is 0.413. The van der Waals surface area contributed by atoms with Gasteiger partial charge in [0, 0.05) is 19.6 Å². The molecule has 1 saturated carbocycles. The summed E-state index contributed by atoms with van der Waals surface area (Å²) in [7, 11) is 1.65. The molecule has 1 fully saturated rings. The van der Waals surface area contributed by atoms with Crippen LogP contribution in [-0.2, 0) is 6.54 Å². The Kier molecular flexibility index (Phi) is 6.86. The number of hydrogen-bond acceptors (Lipinski definition) is 5. The summed E-state index contributed by atoms with van der Waals surface area (Å²) in [4.78, 5) is 2.29. The number of benzene rings is 2. The molecule has 1 aromatic heterocycles. The van der Waals surface area contributed by atoms with E-state index >= 15 is 0 Å². The standard InChI is InChI=1S/C27H33N3O3/c1-5-27(3,31)19-29(17-21-11-12-21)18-25-20(2)28-30(22-9-7-6-8-10-22)26(25)33-24-15-13-23(32-4)14-16-24/h5-10,13-16,21,31H,1,11-12,17-19H2,2-4H3/t27-/m1/s1. The molecule has 1 atom stereocenters. The van der Waals surface area contributed by atoms with Crippen LogP contribution in [0.5, 0.6) is 17.4 Å². The molecule has 1 N–H and O–H groups in total. The lowest BCUT2D eigenvalue weighted by Crippen LogP contribution is -2.40. The first-order valence-electron chi connectivity index (χ1n) is 11.4. The van der Waals surface area contributed by atoms with Crippen molar-refractivity contribution >= 4 is 0 Å². The van der Waals surface area contributed by atoms with Crippen molar-refractivity contribution in [2.45, 2.75) is 38.8 Å². The number of hydrogen-bond donors (Lipinski definition) is 1. The molecule has 0 aliphatic heterocycles. The normalized spacial score (nSPS) is 15.3. The lowest BCUT2D eigenvalue weighted by Gasteiger charge is -2.29. The molecule has 0 radical (unpaired) electrons. The van der Waals surface area contributed by atoms with E-state index in [9.17, 15) is 5.11 Å². The number of rotatable bonds is 11. The first-order chi connectivity index (χ1) is 15.9. The molecule has 2 aromatic carbocycles. The van der Waals surface area contributed by atoms with Crippen LogP contribution in [0.1, 0.15) is 31.0 Å². The van der Waals surface area contributed by atoms with Gasteiger partial charge in [-0.1, -0.05) is 24.3 Å². The van der Waals surface area contributed by atoms with Gasteiger partial charge in [0.15, 0.2) is 0 Å². The van der Waals surface area contributed by atoms with Crippen LogP contribution < -0.4 is 9.47 Å². The molecule has 1 aliphatic carbocycles. The van der Waals surface area contributed by atoms with E-state index in [-0.39, 0.29) is 0 Å². The van der Waals surface area contributed by atoms with Gasteiger partial charge in [0.2, 0.25) is 5.88 Å². The SMILES string of the molecule is C=C[C@@](C)(O)CN(Cc1c(C)nn(-c2ccccc2)c1Oc1ccc(OC)cc1)CC1CC1. The molecule has 0 spiro atoms. The van der Waals surface area contributed by atoms with Crippen LogP contribution in [0.3, 0.4) is 0 Å². The molecular weight excluding hydrogens is 414 g/mol. The lowest BCUT2D eigenvalue weighted by atomic mass is 10.1. The Morgan fingerprint density at radius 3 is 2.42 bits per heavy atom. The summed E-state index contributed by atoms with van der Waals surface area (Å²) >= 11 is 0. The van der Waals surface area contributed by atoms with Crippen LogP contribution in [-0.4, -0.2) is 45.6 Å². The van der Waals surface area contributed by atoms with Gasteiger partial charge in [0.05, 0.1) is 29.7 Å². The molecule has 0 bridgehead atoms. The van der Waals surface area contributed by atoms with E-state index in [1.54, 1.807) is 20.1 Å². The van der Waals surface area contributed by atoms with E-state index in [0.717, 1.165) is 29.2 Å². The molecule has 33 heavy (non-hydrogen) atoms. The summed E-state index contributed by atoms with van der Waals surface area (Å²) in [6.07, 6.45) is 4.09. The smallest absolute Gasteiger partial charge is 0.227 e. The van der Waals surface area contributed by atoms with Gasteiger partial charge in [-0.05, 0) is 69.0 Å². The number of aliphatic hydroxyl groups is 1. The molecule has 0 unspecified atom stereocenters. The van der Waals surface area contributed by atoms with Gasteiger partial charge in [0.1, 0.15) is 11.5 Å². The third-order valence-electron chi connectivity index (χ3n) is 5.99. The number of para-hydroxylation sites is 1. The predicted octanol–water partition coefficient (Wildman–Crippen LogP) is 5.13. The van der Waals surface area contributed by atoms with Gasteiger partial charge in [-0.2, -0.15) is 5.10 Å². The second-order valence-electron chi connectivity index (χ2n) is 9.07. The fourth-order valence-corrected chi connectivity index (χ4v) is 3.92.